The van der Waals surface area contributed by atoms with Crippen molar-refractivity contribution in [2.75, 3.05) is 5.32 Å². The van der Waals surface area contributed by atoms with Crippen LogP contribution in [-0.2, 0) is 11.2 Å². The van der Waals surface area contributed by atoms with E-state index in [0.717, 1.165) is 16.5 Å². The third-order valence-corrected chi connectivity index (χ3v) is 4.65. The molecule has 0 saturated heterocycles. The number of amides is 2. The van der Waals surface area contributed by atoms with Crippen molar-refractivity contribution in [3.8, 4) is 0 Å². The van der Waals surface area contributed by atoms with Gasteiger partial charge in [-0.1, -0.05) is 48.5 Å². The van der Waals surface area contributed by atoms with Crippen LogP contribution < -0.4 is 10.6 Å². The van der Waals surface area contributed by atoms with Crippen molar-refractivity contribution in [2.45, 2.75) is 12.5 Å². The van der Waals surface area contributed by atoms with Gasteiger partial charge in [0, 0.05) is 23.1 Å². The maximum absolute atomic E-state index is 13.0. The average molecular weight is 384 g/mol. The van der Waals surface area contributed by atoms with Crippen molar-refractivity contribution in [1.82, 2.24) is 15.5 Å². The largest absolute Gasteiger partial charge is 0.340 e. The van der Waals surface area contributed by atoms with E-state index in [0.29, 0.717) is 17.7 Å². The van der Waals surface area contributed by atoms with E-state index in [1.807, 2.05) is 48.5 Å². The van der Waals surface area contributed by atoms with Gasteiger partial charge in [-0.15, -0.1) is 0 Å². The van der Waals surface area contributed by atoms with Crippen molar-refractivity contribution in [3.05, 3.63) is 96.2 Å². The minimum Gasteiger partial charge on any atom is -0.340 e. The number of H-pyrrole nitrogens is 1. The van der Waals surface area contributed by atoms with Crippen LogP contribution in [0.2, 0.25) is 0 Å². The monoisotopic (exact) mass is 384 g/mol. The van der Waals surface area contributed by atoms with E-state index in [2.05, 4.69) is 20.8 Å². The van der Waals surface area contributed by atoms with Gasteiger partial charge in [0.15, 0.2) is 0 Å². The quantitative estimate of drug-likeness (QED) is 0.475. The number of nitrogens with one attached hydrogen (secondary N) is 3. The fraction of sp³-hybridized carbons (Fsp3) is 0.0870. The van der Waals surface area contributed by atoms with Crippen LogP contribution in [0.3, 0.4) is 0 Å². The number of carbonyl (C=O) groups excluding carboxylic acids is 2. The second-order valence-electron chi connectivity index (χ2n) is 6.74. The number of hydrogen-bond donors (Lipinski definition) is 3. The van der Waals surface area contributed by atoms with E-state index >= 15 is 0 Å². The van der Waals surface area contributed by atoms with E-state index < -0.39 is 6.04 Å². The van der Waals surface area contributed by atoms with Gasteiger partial charge in [0.2, 0.25) is 5.91 Å². The molecule has 1 aromatic heterocycles. The first-order valence-corrected chi connectivity index (χ1v) is 9.33. The highest BCUT2D eigenvalue weighted by Crippen LogP contribution is 2.17. The summed E-state index contributed by atoms with van der Waals surface area (Å²) < 4.78 is 0. The number of nitrogens with zero attached hydrogens (tertiary/aromatic N) is 1. The van der Waals surface area contributed by atoms with Crippen LogP contribution in [-0.4, -0.2) is 28.1 Å². The molecule has 0 radical (unpaired) electrons. The Morgan fingerprint density at radius 1 is 0.931 bits per heavy atom. The van der Waals surface area contributed by atoms with Crippen LogP contribution in [0.15, 0.2) is 85.1 Å². The highest BCUT2D eigenvalue weighted by molar-refractivity contribution is 6.02. The number of fused-ring (bicyclic) bond motifs is 1. The van der Waals surface area contributed by atoms with E-state index in [1.165, 1.54) is 0 Å². The van der Waals surface area contributed by atoms with Gasteiger partial charge in [0.25, 0.3) is 5.91 Å². The Balaban J connectivity index is 1.54. The van der Waals surface area contributed by atoms with Crippen LogP contribution >= 0.6 is 0 Å². The summed E-state index contributed by atoms with van der Waals surface area (Å²) in [7, 11) is 0. The molecule has 1 unspecified atom stereocenters. The number of hydrogen-bond acceptors (Lipinski definition) is 3. The lowest BCUT2D eigenvalue weighted by Crippen LogP contribution is -2.45. The predicted octanol–water partition coefficient (Wildman–Crippen LogP) is 3.54. The fourth-order valence-corrected chi connectivity index (χ4v) is 3.14. The molecule has 1 atom stereocenters. The Morgan fingerprint density at radius 2 is 1.66 bits per heavy atom. The zero-order valence-electron chi connectivity index (χ0n) is 15.6. The lowest BCUT2D eigenvalue weighted by Gasteiger charge is -2.19. The molecule has 3 aromatic carbocycles. The second-order valence-corrected chi connectivity index (χ2v) is 6.74. The summed E-state index contributed by atoms with van der Waals surface area (Å²) in [6, 6.07) is 23.3. The Morgan fingerprint density at radius 3 is 2.41 bits per heavy atom. The molecule has 0 aliphatic heterocycles. The normalized spacial score (nSPS) is 11.7. The zero-order chi connectivity index (χ0) is 20.1. The molecule has 0 aliphatic carbocycles. The molecule has 4 rings (SSSR count). The average Bonchev–Trinajstić information content (AvgIpc) is 3.22. The van der Waals surface area contributed by atoms with E-state index in [1.54, 1.807) is 36.5 Å². The third-order valence-electron chi connectivity index (χ3n) is 4.65. The van der Waals surface area contributed by atoms with E-state index in [4.69, 9.17) is 0 Å². The molecule has 0 bridgehead atoms. The Bertz CT molecular complexity index is 1120. The molecule has 144 valence electrons. The molecule has 0 spiro atoms. The number of anilines is 1. The molecule has 0 saturated carbocycles. The molecule has 0 aliphatic rings. The third kappa shape index (κ3) is 4.50. The van der Waals surface area contributed by atoms with Crippen LogP contribution in [0.25, 0.3) is 10.9 Å². The molecule has 4 aromatic rings. The molecular formula is C23H20N4O2. The first-order valence-electron chi connectivity index (χ1n) is 9.33. The Kier molecular flexibility index (Phi) is 5.33. The summed E-state index contributed by atoms with van der Waals surface area (Å²) in [6.45, 7) is 0. The second kappa shape index (κ2) is 8.39. The summed E-state index contributed by atoms with van der Waals surface area (Å²) in [6.07, 6.45) is 2.09. The molecule has 2 amide bonds. The molecule has 6 heteroatoms. The van der Waals surface area contributed by atoms with E-state index in [9.17, 15) is 9.59 Å². The summed E-state index contributed by atoms with van der Waals surface area (Å²) in [4.78, 5) is 25.6. The van der Waals surface area contributed by atoms with Gasteiger partial charge in [-0.05, 0) is 35.9 Å². The van der Waals surface area contributed by atoms with Crippen molar-refractivity contribution in [1.29, 1.82) is 0 Å². The van der Waals surface area contributed by atoms with Gasteiger partial charge >= 0.3 is 0 Å². The SMILES string of the molecule is O=C(NC(Cc1ccccc1)C(=O)Nc1ccc2[nH]ncc2c1)c1ccccc1. The number of rotatable bonds is 6. The van der Waals surface area contributed by atoms with Crippen molar-refractivity contribution >= 4 is 28.4 Å². The maximum atomic E-state index is 13.0. The first kappa shape index (κ1) is 18.4. The van der Waals surface area contributed by atoms with Crippen molar-refractivity contribution < 1.29 is 9.59 Å². The molecule has 6 nitrogen and oxygen atoms in total. The Hall–Kier alpha value is -3.93. The summed E-state index contributed by atoms with van der Waals surface area (Å²) in [5.74, 6) is -0.562. The van der Waals surface area contributed by atoms with Gasteiger partial charge < -0.3 is 10.6 Å². The summed E-state index contributed by atoms with van der Waals surface area (Å²) in [5.41, 5.74) is 3.02. The van der Waals surface area contributed by atoms with Crippen LogP contribution in [0.4, 0.5) is 5.69 Å². The van der Waals surface area contributed by atoms with Gasteiger partial charge in [-0.2, -0.15) is 5.10 Å². The molecule has 3 N–H and O–H groups in total. The Labute approximate surface area is 168 Å². The standard InChI is InChI=1S/C23H20N4O2/c28-22(17-9-5-2-6-10-17)26-21(13-16-7-3-1-4-8-16)23(29)25-19-11-12-20-18(14-19)15-24-27-20/h1-12,14-15,21H,13H2,(H,24,27)(H,25,29)(H,26,28). The molecular weight excluding hydrogens is 364 g/mol. The number of aromatic nitrogens is 2. The van der Waals surface area contributed by atoms with Crippen LogP contribution in [0, 0.1) is 0 Å². The zero-order valence-corrected chi connectivity index (χ0v) is 15.6. The highest BCUT2D eigenvalue weighted by Gasteiger charge is 2.22. The van der Waals surface area contributed by atoms with Gasteiger partial charge in [0.1, 0.15) is 6.04 Å². The molecule has 0 fully saturated rings. The van der Waals surface area contributed by atoms with Crippen molar-refractivity contribution in [2.24, 2.45) is 0 Å². The van der Waals surface area contributed by atoms with Crippen LogP contribution in [0.1, 0.15) is 15.9 Å². The fourth-order valence-electron chi connectivity index (χ4n) is 3.14. The summed E-state index contributed by atoms with van der Waals surface area (Å²) in [5, 5.41) is 13.5. The number of benzene rings is 3. The summed E-state index contributed by atoms with van der Waals surface area (Å²) >= 11 is 0. The van der Waals surface area contributed by atoms with E-state index in [-0.39, 0.29) is 11.8 Å². The van der Waals surface area contributed by atoms with Gasteiger partial charge in [-0.3, -0.25) is 14.7 Å². The van der Waals surface area contributed by atoms with Crippen LogP contribution in [0.5, 0.6) is 0 Å². The van der Waals surface area contributed by atoms with Crippen molar-refractivity contribution in [3.63, 3.8) is 0 Å². The van der Waals surface area contributed by atoms with Gasteiger partial charge in [-0.25, -0.2) is 0 Å². The highest BCUT2D eigenvalue weighted by atomic mass is 16.2. The first-order chi connectivity index (χ1) is 14.2. The lowest BCUT2D eigenvalue weighted by atomic mass is 10.0. The van der Waals surface area contributed by atoms with Gasteiger partial charge in [0.05, 0.1) is 11.7 Å². The molecule has 1 heterocycles. The lowest BCUT2D eigenvalue weighted by molar-refractivity contribution is -0.118. The number of carbonyl (C=O) groups is 2. The maximum Gasteiger partial charge on any atom is 0.251 e. The molecule has 29 heavy (non-hydrogen) atoms. The number of aromatic amines is 1. The minimum absolute atomic E-state index is 0.277. The topological polar surface area (TPSA) is 86.9 Å². The minimum atomic E-state index is -0.717. The predicted molar refractivity (Wildman–Crippen MR) is 113 cm³/mol. The smallest absolute Gasteiger partial charge is 0.251 e.